The van der Waals surface area contributed by atoms with Crippen molar-refractivity contribution >= 4 is 42.6 Å². The Morgan fingerprint density at radius 2 is 1.59 bits per heavy atom. The molecule has 0 spiro atoms. The van der Waals surface area contributed by atoms with Gasteiger partial charge in [-0.15, -0.1) is 0 Å². The molecule has 0 aliphatic rings. The first-order valence-corrected chi connectivity index (χ1v) is 13.9. The Kier molecular flexibility index (Phi) is 8.81. The second-order valence-corrected chi connectivity index (χ2v) is 11.6. The van der Waals surface area contributed by atoms with E-state index in [0.717, 1.165) is 28.6 Å². The van der Waals surface area contributed by atoms with Crippen molar-refractivity contribution in [3.05, 3.63) is 53.6 Å². The highest BCUT2D eigenvalue weighted by Crippen LogP contribution is 2.30. The second-order valence-electron chi connectivity index (χ2n) is 8.66. The number of benzene rings is 2. The van der Waals surface area contributed by atoms with Gasteiger partial charge < -0.3 is 4.90 Å². The Morgan fingerprint density at radius 3 is 2.18 bits per heavy atom. The van der Waals surface area contributed by atoms with Crippen LogP contribution in [0.15, 0.2) is 47.4 Å². The number of nitrogens with zero attached hydrogens (tertiary/aromatic N) is 4. The van der Waals surface area contributed by atoms with Gasteiger partial charge in [0.15, 0.2) is 5.13 Å². The number of amides is 1. The molecule has 0 saturated heterocycles. The van der Waals surface area contributed by atoms with Crippen LogP contribution in [0.1, 0.15) is 42.6 Å². The lowest BCUT2D eigenvalue weighted by molar-refractivity contribution is 0.0985. The van der Waals surface area contributed by atoms with Gasteiger partial charge in [0, 0.05) is 31.7 Å². The van der Waals surface area contributed by atoms with Gasteiger partial charge in [0.1, 0.15) is 0 Å². The van der Waals surface area contributed by atoms with Gasteiger partial charge in [0.25, 0.3) is 5.91 Å². The van der Waals surface area contributed by atoms with Gasteiger partial charge in [-0.05, 0) is 75.8 Å². The fourth-order valence-electron chi connectivity index (χ4n) is 3.64. The molecule has 1 aromatic heterocycles. The van der Waals surface area contributed by atoms with Crippen molar-refractivity contribution in [2.24, 2.45) is 0 Å². The molecule has 0 atom stereocenters. The van der Waals surface area contributed by atoms with Gasteiger partial charge in [0.05, 0.1) is 15.1 Å². The summed E-state index contributed by atoms with van der Waals surface area (Å²) in [6.07, 6.45) is 1.50. The highest BCUT2D eigenvalue weighted by molar-refractivity contribution is 7.89. The van der Waals surface area contributed by atoms with Gasteiger partial charge in [0.2, 0.25) is 10.0 Å². The van der Waals surface area contributed by atoms with Crippen molar-refractivity contribution in [1.82, 2.24) is 14.2 Å². The van der Waals surface area contributed by atoms with Crippen molar-refractivity contribution in [3.8, 4) is 0 Å². The summed E-state index contributed by atoms with van der Waals surface area (Å²) in [5.41, 5.74) is 2.44. The minimum absolute atomic E-state index is 0.194. The molecule has 0 N–H and O–H groups in total. The first-order chi connectivity index (χ1) is 16.2. The zero-order valence-electron chi connectivity index (χ0n) is 20.6. The molecule has 0 aliphatic carbocycles. The number of carbonyl (C=O) groups excluding carboxylic acids is 1. The number of fused-ring (bicyclic) bond motifs is 1. The molecule has 0 saturated carbocycles. The molecule has 184 valence electrons. The third-order valence-electron chi connectivity index (χ3n) is 5.46. The number of rotatable bonds is 11. The van der Waals surface area contributed by atoms with Crippen LogP contribution in [-0.2, 0) is 10.0 Å². The summed E-state index contributed by atoms with van der Waals surface area (Å²) in [6, 6.07) is 12.3. The number of carbonyl (C=O) groups is 1. The third-order valence-corrected chi connectivity index (χ3v) is 8.42. The molecule has 2 aromatic carbocycles. The fraction of sp³-hybridized carbons (Fsp3) is 0.440. The highest BCUT2D eigenvalue weighted by atomic mass is 32.2. The van der Waals surface area contributed by atoms with E-state index in [2.05, 4.69) is 6.07 Å². The number of hydrogen-bond acceptors (Lipinski definition) is 6. The van der Waals surface area contributed by atoms with Crippen LogP contribution in [0.2, 0.25) is 0 Å². The lowest BCUT2D eigenvalue weighted by atomic mass is 10.2. The van der Waals surface area contributed by atoms with Crippen molar-refractivity contribution in [2.45, 2.75) is 38.5 Å². The molecular weight excluding hydrogens is 468 g/mol. The Balaban J connectivity index is 1.91. The first kappa shape index (κ1) is 26.3. The summed E-state index contributed by atoms with van der Waals surface area (Å²) in [7, 11) is 0.330. The largest absolute Gasteiger partial charge is 0.308 e. The number of aryl methyl sites for hydroxylation is 1. The molecule has 0 aliphatic heterocycles. The SMILES string of the molecule is CCCN(CCC)S(=O)(=O)c1ccc(C(=O)N(CCN(C)C)c2nc3ccc(C)cc3s2)cc1. The average molecular weight is 503 g/mol. The van der Waals surface area contributed by atoms with E-state index in [4.69, 9.17) is 4.98 Å². The molecule has 34 heavy (non-hydrogen) atoms. The van der Waals surface area contributed by atoms with Crippen molar-refractivity contribution in [3.63, 3.8) is 0 Å². The molecule has 0 bridgehead atoms. The van der Waals surface area contributed by atoms with Crippen molar-refractivity contribution in [1.29, 1.82) is 0 Å². The average Bonchev–Trinajstić information content (AvgIpc) is 3.21. The Morgan fingerprint density at radius 1 is 0.941 bits per heavy atom. The Labute approximate surface area is 207 Å². The van der Waals surface area contributed by atoms with Crippen LogP contribution in [0.5, 0.6) is 0 Å². The van der Waals surface area contributed by atoms with E-state index < -0.39 is 10.0 Å². The normalized spacial score (nSPS) is 12.1. The molecule has 3 aromatic rings. The zero-order chi connectivity index (χ0) is 24.9. The van der Waals surface area contributed by atoms with Crippen molar-refractivity contribution < 1.29 is 13.2 Å². The summed E-state index contributed by atoms with van der Waals surface area (Å²) in [5.74, 6) is -0.194. The van der Waals surface area contributed by atoms with Crippen LogP contribution in [0, 0.1) is 6.92 Å². The quantitative estimate of drug-likeness (QED) is 0.382. The number of thiazole rings is 1. The van der Waals surface area contributed by atoms with Crippen molar-refractivity contribution in [2.75, 3.05) is 45.2 Å². The molecule has 0 radical (unpaired) electrons. The number of aromatic nitrogens is 1. The predicted octanol–water partition coefficient (Wildman–Crippen LogP) is 4.62. The van der Waals surface area contributed by atoms with Gasteiger partial charge in [-0.3, -0.25) is 9.69 Å². The summed E-state index contributed by atoms with van der Waals surface area (Å²) in [4.78, 5) is 22.1. The highest BCUT2D eigenvalue weighted by Gasteiger charge is 2.25. The standard InChI is InChI=1S/C25H34N4O3S2/c1-6-14-28(15-7-2)34(31,32)21-11-9-20(10-12-21)24(30)29(17-16-27(4)5)25-26-22-13-8-19(3)18-23(22)33-25/h8-13,18H,6-7,14-17H2,1-5H3. The molecule has 9 heteroatoms. The van der Waals surface area contributed by atoms with E-state index >= 15 is 0 Å². The lowest BCUT2D eigenvalue weighted by Gasteiger charge is -2.23. The van der Waals surface area contributed by atoms with E-state index in [1.165, 1.54) is 27.8 Å². The van der Waals surface area contributed by atoms with Crippen LogP contribution < -0.4 is 4.90 Å². The van der Waals surface area contributed by atoms with Crippen LogP contribution in [0.4, 0.5) is 5.13 Å². The molecule has 7 nitrogen and oxygen atoms in total. The summed E-state index contributed by atoms with van der Waals surface area (Å²) < 4.78 is 28.7. The molecule has 3 rings (SSSR count). The van der Waals surface area contributed by atoms with Gasteiger partial charge >= 0.3 is 0 Å². The number of sulfonamides is 1. The molecule has 0 fully saturated rings. The van der Waals surface area contributed by atoms with Gasteiger partial charge in [-0.25, -0.2) is 13.4 Å². The van der Waals surface area contributed by atoms with E-state index in [1.807, 2.05) is 51.9 Å². The summed E-state index contributed by atoms with van der Waals surface area (Å²) in [6.45, 7) is 8.07. The topological polar surface area (TPSA) is 73.8 Å². The van der Waals surface area contributed by atoms with E-state index in [1.54, 1.807) is 17.0 Å². The number of hydrogen-bond donors (Lipinski definition) is 0. The van der Waals surface area contributed by atoms with Crippen LogP contribution >= 0.6 is 11.3 Å². The van der Waals surface area contributed by atoms with Crippen LogP contribution in [-0.4, -0.2) is 68.8 Å². The summed E-state index contributed by atoms with van der Waals surface area (Å²) >= 11 is 1.49. The molecular formula is C25H34N4O3S2. The smallest absolute Gasteiger partial charge is 0.260 e. The lowest BCUT2D eigenvalue weighted by Crippen LogP contribution is -2.36. The molecule has 1 heterocycles. The minimum atomic E-state index is -3.59. The first-order valence-electron chi connectivity index (χ1n) is 11.6. The second kappa shape index (κ2) is 11.4. The van der Waals surface area contributed by atoms with E-state index in [-0.39, 0.29) is 10.8 Å². The van der Waals surface area contributed by atoms with E-state index in [0.29, 0.717) is 36.9 Å². The van der Waals surface area contributed by atoms with E-state index in [9.17, 15) is 13.2 Å². The fourth-order valence-corrected chi connectivity index (χ4v) is 6.36. The molecule has 1 amide bonds. The summed E-state index contributed by atoms with van der Waals surface area (Å²) in [5, 5.41) is 0.640. The maximum absolute atomic E-state index is 13.5. The van der Waals surface area contributed by atoms with Gasteiger partial charge in [-0.1, -0.05) is 31.3 Å². The van der Waals surface area contributed by atoms with Crippen LogP contribution in [0.25, 0.3) is 10.2 Å². The van der Waals surface area contributed by atoms with Crippen LogP contribution in [0.3, 0.4) is 0 Å². The third kappa shape index (κ3) is 6.02. The number of likely N-dealkylation sites (N-methyl/N-ethyl adjacent to an activating group) is 1. The number of anilines is 1. The van der Waals surface area contributed by atoms with Gasteiger partial charge in [-0.2, -0.15) is 4.31 Å². The Hall–Kier alpha value is -2.33. The predicted molar refractivity (Wildman–Crippen MR) is 140 cm³/mol. The maximum Gasteiger partial charge on any atom is 0.260 e. The monoisotopic (exact) mass is 502 g/mol. The zero-order valence-corrected chi connectivity index (χ0v) is 22.2. The Bertz CT molecular complexity index is 1210. The minimum Gasteiger partial charge on any atom is -0.308 e. The molecule has 0 unspecified atom stereocenters. The maximum atomic E-state index is 13.5.